The van der Waals surface area contributed by atoms with Crippen molar-refractivity contribution in [3.05, 3.63) is 0 Å². The van der Waals surface area contributed by atoms with Gasteiger partial charge in [-0.15, -0.1) is 5.92 Å². The van der Waals surface area contributed by atoms with Crippen molar-refractivity contribution in [3.8, 4) is 11.8 Å². The van der Waals surface area contributed by atoms with Crippen LogP contribution in [0.1, 0.15) is 39.5 Å². The van der Waals surface area contributed by atoms with Crippen LogP contribution in [0.25, 0.3) is 0 Å². The van der Waals surface area contributed by atoms with E-state index >= 15 is 0 Å². The molecule has 0 fully saturated rings. The first kappa shape index (κ1) is 11.0. The Morgan fingerprint density at radius 1 is 1.33 bits per heavy atom. The summed E-state index contributed by atoms with van der Waals surface area (Å²) >= 11 is 0. The zero-order valence-electron chi connectivity index (χ0n) is 7.85. The number of carbonyl (C=O) groups excluding carboxylic acids is 1. The quantitative estimate of drug-likeness (QED) is 0.365. The summed E-state index contributed by atoms with van der Waals surface area (Å²) in [5.74, 6) is 5.70. The summed E-state index contributed by atoms with van der Waals surface area (Å²) < 4.78 is 4.89. The molecule has 0 atom stereocenters. The van der Waals surface area contributed by atoms with E-state index in [9.17, 15) is 4.79 Å². The third kappa shape index (κ3) is 7.14. The molecule has 0 amide bonds. The van der Waals surface area contributed by atoms with E-state index in [0.29, 0.717) is 19.4 Å². The zero-order valence-corrected chi connectivity index (χ0v) is 7.85. The van der Waals surface area contributed by atoms with Gasteiger partial charge in [-0.05, 0) is 6.42 Å². The molecule has 0 aromatic carbocycles. The smallest absolute Gasteiger partial charge is 0.305 e. The van der Waals surface area contributed by atoms with E-state index in [1.807, 2.05) is 13.8 Å². The molecule has 0 aliphatic heterocycles. The van der Waals surface area contributed by atoms with Crippen LogP contribution in [-0.4, -0.2) is 12.6 Å². The SMILES string of the molecule is CCC#CCCOC(=O)CCC. The lowest BCUT2D eigenvalue weighted by molar-refractivity contribution is -0.143. The molecule has 0 spiro atoms. The number of esters is 1. The molecule has 0 aromatic rings. The van der Waals surface area contributed by atoms with Crippen molar-refractivity contribution in [1.82, 2.24) is 0 Å². The number of carbonyl (C=O) groups is 1. The van der Waals surface area contributed by atoms with Crippen LogP contribution in [0.5, 0.6) is 0 Å². The molecular weight excluding hydrogens is 152 g/mol. The minimum absolute atomic E-state index is 0.115. The van der Waals surface area contributed by atoms with Gasteiger partial charge in [-0.25, -0.2) is 0 Å². The lowest BCUT2D eigenvalue weighted by Gasteiger charge is -1.99. The second kappa shape index (κ2) is 8.13. The van der Waals surface area contributed by atoms with Gasteiger partial charge in [0.2, 0.25) is 0 Å². The second-order valence-electron chi connectivity index (χ2n) is 2.43. The monoisotopic (exact) mass is 168 g/mol. The maximum Gasteiger partial charge on any atom is 0.305 e. The van der Waals surface area contributed by atoms with Gasteiger partial charge in [-0.3, -0.25) is 4.79 Å². The Hall–Kier alpha value is -0.970. The van der Waals surface area contributed by atoms with E-state index in [0.717, 1.165) is 12.8 Å². The Kier molecular flexibility index (Phi) is 7.47. The Morgan fingerprint density at radius 2 is 2.08 bits per heavy atom. The van der Waals surface area contributed by atoms with Crippen LogP contribution in [0.15, 0.2) is 0 Å². The average Bonchev–Trinajstić information content (AvgIpc) is 2.05. The van der Waals surface area contributed by atoms with Gasteiger partial charge in [-0.2, -0.15) is 0 Å². The largest absolute Gasteiger partial charge is 0.465 e. The van der Waals surface area contributed by atoms with Gasteiger partial charge in [0.25, 0.3) is 0 Å². The van der Waals surface area contributed by atoms with Crippen molar-refractivity contribution < 1.29 is 9.53 Å². The molecule has 0 bridgehead atoms. The molecule has 2 nitrogen and oxygen atoms in total. The molecular formula is C10H16O2. The van der Waals surface area contributed by atoms with Crippen LogP contribution >= 0.6 is 0 Å². The number of rotatable bonds is 4. The Bertz CT molecular complexity index is 174. The van der Waals surface area contributed by atoms with Crippen LogP contribution in [0.2, 0.25) is 0 Å². The van der Waals surface area contributed by atoms with Gasteiger partial charge < -0.3 is 4.74 Å². The zero-order chi connectivity index (χ0) is 9.23. The molecule has 0 aromatic heterocycles. The molecule has 0 heterocycles. The summed E-state index contributed by atoms with van der Waals surface area (Å²) in [5, 5.41) is 0. The van der Waals surface area contributed by atoms with Gasteiger partial charge >= 0.3 is 5.97 Å². The Morgan fingerprint density at radius 3 is 2.67 bits per heavy atom. The molecule has 0 saturated heterocycles. The molecule has 0 aliphatic carbocycles. The minimum Gasteiger partial charge on any atom is -0.465 e. The normalized spacial score (nSPS) is 8.50. The number of ether oxygens (including phenoxy) is 1. The molecule has 0 rings (SSSR count). The predicted octanol–water partition coefficient (Wildman–Crippen LogP) is 2.13. The Balaban J connectivity index is 3.25. The molecule has 0 radical (unpaired) electrons. The van der Waals surface area contributed by atoms with Crippen LogP contribution in [0.3, 0.4) is 0 Å². The summed E-state index contributed by atoms with van der Waals surface area (Å²) in [4.78, 5) is 10.8. The average molecular weight is 168 g/mol. The number of hydrogen-bond acceptors (Lipinski definition) is 2. The first-order valence-electron chi connectivity index (χ1n) is 4.42. The summed E-state index contributed by atoms with van der Waals surface area (Å²) in [5.41, 5.74) is 0. The molecule has 0 saturated carbocycles. The second-order valence-corrected chi connectivity index (χ2v) is 2.43. The van der Waals surface area contributed by atoms with Crippen molar-refractivity contribution >= 4 is 5.97 Å². The van der Waals surface area contributed by atoms with E-state index in [1.54, 1.807) is 0 Å². The maximum absolute atomic E-state index is 10.8. The van der Waals surface area contributed by atoms with Crippen LogP contribution in [0.4, 0.5) is 0 Å². The summed E-state index contributed by atoms with van der Waals surface area (Å²) in [7, 11) is 0. The summed E-state index contributed by atoms with van der Waals surface area (Å²) in [6.07, 6.45) is 2.88. The van der Waals surface area contributed by atoms with Crippen molar-refractivity contribution in [3.63, 3.8) is 0 Å². The van der Waals surface area contributed by atoms with Gasteiger partial charge in [0, 0.05) is 19.3 Å². The number of hydrogen-bond donors (Lipinski definition) is 0. The first-order chi connectivity index (χ1) is 5.81. The molecule has 0 N–H and O–H groups in total. The van der Waals surface area contributed by atoms with Crippen LogP contribution < -0.4 is 0 Å². The first-order valence-corrected chi connectivity index (χ1v) is 4.42. The van der Waals surface area contributed by atoms with Crippen LogP contribution in [0, 0.1) is 11.8 Å². The maximum atomic E-state index is 10.8. The van der Waals surface area contributed by atoms with Crippen LogP contribution in [-0.2, 0) is 9.53 Å². The lowest BCUT2D eigenvalue weighted by atomic mass is 10.3. The Labute approximate surface area is 74.3 Å². The molecule has 0 aliphatic rings. The fraction of sp³-hybridized carbons (Fsp3) is 0.700. The highest BCUT2D eigenvalue weighted by Crippen LogP contribution is 1.91. The fourth-order valence-electron chi connectivity index (χ4n) is 0.706. The summed E-state index contributed by atoms with van der Waals surface area (Å²) in [6, 6.07) is 0. The third-order valence-electron chi connectivity index (χ3n) is 1.25. The third-order valence-corrected chi connectivity index (χ3v) is 1.25. The molecule has 68 valence electrons. The standard InChI is InChI=1S/C10H16O2/c1-3-5-6-7-9-12-10(11)8-4-2/h3-4,7-9H2,1-2H3. The molecule has 0 unspecified atom stereocenters. The van der Waals surface area contributed by atoms with E-state index in [1.165, 1.54) is 0 Å². The van der Waals surface area contributed by atoms with E-state index < -0.39 is 0 Å². The highest BCUT2D eigenvalue weighted by molar-refractivity contribution is 5.69. The molecule has 2 heteroatoms. The minimum atomic E-state index is -0.115. The van der Waals surface area contributed by atoms with Crippen molar-refractivity contribution in [2.75, 3.05) is 6.61 Å². The predicted molar refractivity (Wildman–Crippen MR) is 48.6 cm³/mol. The van der Waals surface area contributed by atoms with Crippen molar-refractivity contribution in [1.29, 1.82) is 0 Å². The van der Waals surface area contributed by atoms with E-state index in [4.69, 9.17) is 4.74 Å². The van der Waals surface area contributed by atoms with Gasteiger partial charge in [0.1, 0.15) is 6.61 Å². The molecule has 12 heavy (non-hydrogen) atoms. The van der Waals surface area contributed by atoms with Gasteiger partial charge in [0.15, 0.2) is 0 Å². The lowest BCUT2D eigenvalue weighted by Crippen LogP contribution is -2.04. The van der Waals surface area contributed by atoms with Gasteiger partial charge in [0.05, 0.1) is 0 Å². The van der Waals surface area contributed by atoms with Crippen molar-refractivity contribution in [2.24, 2.45) is 0 Å². The van der Waals surface area contributed by atoms with E-state index in [2.05, 4.69) is 11.8 Å². The highest BCUT2D eigenvalue weighted by Gasteiger charge is 1.97. The van der Waals surface area contributed by atoms with Gasteiger partial charge in [-0.1, -0.05) is 19.8 Å². The topological polar surface area (TPSA) is 26.3 Å². The van der Waals surface area contributed by atoms with E-state index in [-0.39, 0.29) is 5.97 Å². The summed E-state index contributed by atoms with van der Waals surface area (Å²) in [6.45, 7) is 4.39. The fourth-order valence-corrected chi connectivity index (χ4v) is 0.706. The highest BCUT2D eigenvalue weighted by atomic mass is 16.5. The van der Waals surface area contributed by atoms with Crippen molar-refractivity contribution in [2.45, 2.75) is 39.5 Å².